The number of rotatable bonds is 5. The van der Waals surface area contributed by atoms with Gasteiger partial charge in [-0.05, 0) is 32.9 Å². The zero-order chi connectivity index (χ0) is 9.68. The topological polar surface area (TPSA) is 24.5 Å². The Hall–Kier alpha value is -0.120. The van der Waals surface area contributed by atoms with E-state index in [2.05, 4.69) is 24.2 Å². The second-order valence-electron chi connectivity index (χ2n) is 4.05. The first-order valence-electron chi connectivity index (χ1n) is 5.15. The fourth-order valence-electron chi connectivity index (χ4n) is 1.90. The number of likely N-dealkylation sites (N-methyl/N-ethyl adjacent to an activating group) is 1. The Morgan fingerprint density at radius 3 is 2.85 bits per heavy atom. The maximum absolute atomic E-state index is 5.05. The van der Waals surface area contributed by atoms with Crippen LogP contribution in [-0.4, -0.2) is 51.3 Å². The summed E-state index contributed by atoms with van der Waals surface area (Å²) in [6.07, 6.45) is 1.32. The fraction of sp³-hybridized carbons (Fsp3) is 1.00. The second-order valence-corrected chi connectivity index (χ2v) is 4.05. The molecule has 1 N–H and O–H groups in total. The van der Waals surface area contributed by atoms with E-state index < -0.39 is 0 Å². The first-order chi connectivity index (χ1) is 6.24. The van der Waals surface area contributed by atoms with Crippen LogP contribution in [0.4, 0.5) is 0 Å². The molecule has 13 heavy (non-hydrogen) atoms. The molecule has 2 atom stereocenters. The van der Waals surface area contributed by atoms with Crippen LogP contribution >= 0.6 is 0 Å². The first-order valence-corrected chi connectivity index (χ1v) is 5.15. The lowest BCUT2D eigenvalue weighted by Crippen LogP contribution is -2.33. The smallest absolute Gasteiger partial charge is 0.0589 e. The number of ether oxygens (including phenoxy) is 1. The van der Waals surface area contributed by atoms with Crippen molar-refractivity contribution in [1.29, 1.82) is 0 Å². The summed E-state index contributed by atoms with van der Waals surface area (Å²) in [6.45, 7) is 6.54. The van der Waals surface area contributed by atoms with Crippen LogP contribution < -0.4 is 5.32 Å². The summed E-state index contributed by atoms with van der Waals surface area (Å²) in [7, 11) is 3.93. The molecule has 0 aromatic heterocycles. The van der Waals surface area contributed by atoms with Crippen molar-refractivity contribution in [2.75, 3.05) is 40.4 Å². The molecule has 1 aliphatic heterocycles. The summed E-state index contributed by atoms with van der Waals surface area (Å²) < 4.78 is 5.05. The molecule has 0 aromatic carbocycles. The van der Waals surface area contributed by atoms with Crippen molar-refractivity contribution in [2.45, 2.75) is 19.4 Å². The third-order valence-electron chi connectivity index (χ3n) is 2.91. The molecular weight excluding hydrogens is 164 g/mol. The molecule has 0 aromatic rings. The van der Waals surface area contributed by atoms with Crippen molar-refractivity contribution in [3.05, 3.63) is 0 Å². The van der Waals surface area contributed by atoms with Crippen LogP contribution in [0.2, 0.25) is 0 Å². The van der Waals surface area contributed by atoms with Crippen molar-refractivity contribution >= 4 is 0 Å². The number of nitrogens with one attached hydrogen (secondary N) is 1. The second kappa shape index (κ2) is 5.58. The minimum Gasteiger partial charge on any atom is -0.383 e. The zero-order valence-corrected chi connectivity index (χ0v) is 9.05. The van der Waals surface area contributed by atoms with Crippen LogP contribution in [0.15, 0.2) is 0 Å². The van der Waals surface area contributed by atoms with Gasteiger partial charge in [-0.15, -0.1) is 0 Å². The van der Waals surface area contributed by atoms with Gasteiger partial charge in [0.1, 0.15) is 0 Å². The van der Waals surface area contributed by atoms with Crippen molar-refractivity contribution < 1.29 is 4.74 Å². The molecule has 0 amide bonds. The van der Waals surface area contributed by atoms with E-state index in [1.54, 1.807) is 7.11 Å². The number of methoxy groups -OCH3 is 1. The van der Waals surface area contributed by atoms with Crippen molar-refractivity contribution in [2.24, 2.45) is 5.92 Å². The quantitative estimate of drug-likeness (QED) is 0.679. The summed E-state index contributed by atoms with van der Waals surface area (Å²) in [5, 5.41) is 3.47. The maximum atomic E-state index is 5.05. The molecule has 1 saturated heterocycles. The third-order valence-corrected chi connectivity index (χ3v) is 2.91. The SMILES string of the molecule is COCCN(C)CC1CCNC1C. The summed E-state index contributed by atoms with van der Waals surface area (Å²) in [4.78, 5) is 2.36. The Kier molecular flexibility index (Phi) is 4.70. The van der Waals surface area contributed by atoms with Gasteiger partial charge in [0.05, 0.1) is 6.61 Å². The third kappa shape index (κ3) is 3.63. The molecule has 3 heteroatoms. The molecule has 0 aliphatic carbocycles. The molecule has 1 rings (SSSR count). The van der Waals surface area contributed by atoms with Crippen molar-refractivity contribution in [1.82, 2.24) is 10.2 Å². The van der Waals surface area contributed by atoms with Gasteiger partial charge in [-0.1, -0.05) is 0 Å². The molecule has 0 saturated carbocycles. The van der Waals surface area contributed by atoms with Crippen LogP contribution in [0.3, 0.4) is 0 Å². The van der Waals surface area contributed by atoms with E-state index in [-0.39, 0.29) is 0 Å². The van der Waals surface area contributed by atoms with Gasteiger partial charge in [0.15, 0.2) is 0 Å². The monoisotopic (exact) mass is 186 g/mol. The van der Waals surface area contributed by atoms with Crippen molar-refractivity contribution in [3.63, 3.8) is 0 Å². The van der Waals surface area contributed by atoms with E-state index in [1.165, 1.54) is 19.5 Å². The van der Waals surface area contributed by atoms with Crippen LogP contribution in [-0.2, 0) is 4.74 Å². The molecule has 1 fully saturated rings. The summed E-state index contributed by atoms with van der Waals surface area (Å²) in [6, 6.07) is 0.685. The highest BCUT2D eigenvalue weighted by Crippen LogP contribution is 2.15. The molecule has 3 nitrogen and oxygen atoms in total. The zero-order valence-electron chi connectivity index (χ0n) is 9.05. The van der Waals surface area contributed by atoms with Gasteiger partial charge in [-0.2, -0.15) is 0 Å². The lowest BCUT2D eigenvalue weighted by Gasteiger charge is -2.22. The van der Waals surface area contributed by atoms with Crippen molar-refractivity contribution in [3.8, 4) is 0 Å². The molecule has 0 spiro atoms. The minimum absolute atomic E-state index is 0.685. The summed E-state index contributed by atoms with van der Waals surface area (Å²) >= 11 is 0. The molecular formula is C10H22N2O. The normalized spacial score (nSPS) is 28.6. The van der Waals surface area contributed by atoms with E-state index >= 15 is 0 Å². The maximum Gasteiger partial charge on any atom is 0.0589 e. The molecule has 0 bridgehead atoms. The number of hydrogen-bond donors (Lipinski definition) is 1. The highest BCUT2D eigenvalue weighted by Gasteiger charge is 2.23. The number of nitrogens with zero attached hydrogens (tertiary/aromatic N) is 1. The van der Waals surface area contributed by atoms with Crippen LogP contribution in [0.1, 0.15) is 13.3 Å². The summed E-state index contributed by atoms with van der Waals surface area (Å²) in [5.74, 6) is 0.821. The Labute approximate surface area is 81.4 Å². The van der Waals surface area contributed by atoms with E-state index in [0.29, 0.717) is 6.04 Å². The van der Waals surface area contributed by atoms with E-state index in [9.17, 15) is 0 Å². The highest BCUT2D eigenvalue weighted by atomic mass is 16.5. The van der Waals surface area contributed by atoms with Gasteiger partial charge in [-0.3, -0.25) is 0 Å². The van der Waals surface area contributed by atoms with Gasteiger partial charge in [-0.25, -0.2) is 0 Å². The molecule has 0 radical (unpaired) electrons. The molecule has 1 heterocycles. The molecule has 1 aliphatic rings. The Bertz CT molecular complexity index is 141. The van der Waals surface area contributed by atoms with Crippen LogP contribution in [0.5, 0.6) is 0 Å². The lowest BCUT2D eigenvalue weighted by atomic mass is 10.0. The molecule has 2 unspecified atom stereocenters. The fourth-order valence-corrected chi connectivity index (χ4v) is 1.90. The molecule has 78 valence electrons. The lowest BCUT2D eigenvalue weighted by molar-refractivity contribution is 0.151. The largest absolute Gasteiger partial charge is 0.383 e. The van der Waals surface area contributed by atoms with E-state index in [1.807, 2.05) is 0 Å². The van der Waals surface area contributed by atoms with Gasteiger partial charge < -0.3 is 15.0 Å². The average Bonchev–Trinajstić information content (AvgIpc) is 2.48. The Balaban J connectivity index is 2.15. The van der Waals surface area contributed by atoms with E-state index in [4.69, 9.17) is 4.74 Å². The predicted octanol–water partition coefficient (Wildman–Crippen LogP) is 0.563. The Morgan fingerprint density at radius 1 is 1.54 bits per heavy atom. The number of hydrogen-bond acceptors (Lipinski definition) is 3. The minimum atomic E-state index is 0.685. The van der Waals surface area contributed by atoms with Gasteiger partial charge >= 0.3 is 0 Å². The van der Waals surface area contributed by atoms with E-state index in [0.717, 1.165) is 19.1 Å². The van der Waals surface area contributed by atoms with Gasteiger partial charge in [0.2, 0.25) is 0 Å². The highest BCUT2D eigenvalue weighted by molar-refractivity contribution is 4.81. The average molecular weight is 186 g/mol. The van der Waals surface area contributed by atoms with Crippen LogP contribution in [0.25, 0.3) is 0 Å². The van der Waals surface area contributed by atoms with Gasteiger partial charge in [0, 0.05) is 26.2 Å². The standard InChI is InChI=1S/C10H22N2O/c1-9-10(4-5-11-9)8-12(2)6-7-13-3/h9-11H,4-8H2,1-3H3. The first kappa shape index (κ1) is 11.0. The Morgan fingerprint density at radius 2 is 2.31 bits per heavy atom. The van der Waals surface area contributed by atoms with Gasteiger partial charge in [0.25, 0.3) is 0 Å². The summed E-state index contributed by atoms with van der Waals surface area (Å²) in [5.41, 5.74) is 0. The van der Waals surface area contributed by atoms with Crippen LogP contribution in [0, 0.1) is 5.92 Å². The predicted molar refractivity (Wildman–Crippen MR) is 54.9 cm³/mol.